The Bertz CT molecular complexity index is 692. The molecule has 6 nitrogen and oxygen atoms in total. The molecule has 1 atom stereocenters. The third-order valence-electron chi connectivity index (χ3n) is 5.54. The van der Waals surface area contributed by atoms with E-state index in [-0.39, 0.29) is 19.1 Å². The van der Waals surface area contributed by atoms with Crippen LogP contribution in [0.2, 0.25) is 0 Å². The second-order valence-electron chi connectivity index (χ2n) is 8.07. The van der Waals surface area contributed by atoms with E-state index >= 15 is 0 Å². The molecule has 0 bridgehead atoms. The van der Waals surface area contributed by atoms with E-state index < -0.39 is 11.9 Å². The van der Waals surface area contributed by atoms with Gasteiger partial charge in [0, 0.05) is 13.1 Å². The zero-order valence-electron chi connectivity index (χ0n) is 17.1. The Morgan fingerprint density at radius 3 is 2.43 bits per heavy atom. The van der Waals surface area contributed by atoms with Crippen molar-refractivity contribution in [2.45, 2.75) is 45.4 Å². The van der Waals surface area contributed by atoms with E-state index in [1.54, 1.807) is 0 Å². The monoisotopic (exact) mass is 389 g/mol. The summed E-state index contributed by atoms with van der Waals surface area (Å²) in [5.74, 6) is 0.941. The van der Waals surface area contributed by atoms with Crippen molar-refractivity contribution < 1.29 is 23.8 Å². The van der Waals surface area contributed by atoms with Gasteiger partial charge in [-0.3, -0.25) is 9.69 Å². The quantitative estimate of drug-likeness (QED) is 0.503. The fourth-order valence-electron chi connectivity index (χ4n) is 3.62. The first kappa shape index (κ1) is 20.8. The Morgan fingerprint density at radius 2 is 1.79 bits per heavy atom. The molecule has 1 aliphatic carbocycles. The molecule has 154 valence electrons. The van der Waals surface area contributed by atoms with Gasteiger partial charge in [-0.05, 0) is 41.7 Å². The van der Waals surface area contributed by atoms with Crippen LogP contribution in [0.1, 0.15) is 56.6 Å². The molecule has 0 aromatic heterocycles. The number of hydrogen-bond donors (Lipinski definition) is 0. The molecular weight excluding hydrogens is 358 g/mol. The van der Waals surface area contributed by atoms with Gasteiger partial charge in [0.1, 0.15) is 5.75 Å². The first-order valence-electron chi connectivity index (χ1n) is 10.2. The summed E-state index contributed by atoms with van der Waals surface area (Å²) < 4.78 is 16.1. The maximum absolute atomic E-state index is 12.4. The summed E-state index contributed by atoms with van der Waals surface area (Å²) in [4.78, 5) is 26.4. The van der Waals surface area contributed by atoms with Gasteiger partial charge in [0.15, 0.2) is 6.61 Å². The maximum Gasteiger partial charge on any atom is 0.349 e. The molecule has 1 aromatic rings. The van der Waals surface area contributed by atoms with E-state index in [0.717, 1.165) is 11.1 Å². The molecule has 2 aliphatic rings. The van der Waals surface area contributed by atoms with Crippen molar-refractivity contribution in [3.8, 4) is 5.75 Å². The predicted molar refractivity (Wildman–Crippen MR) is 106 cm³/mol. The fourth-order valence-corrected chi connectivity index (χ4v) is 3.62. The van der Waals surface area contributed by atoms with E-state index in [9.17, 15) is 9.59 Å². The van der Waals surface area contributed by atoms with Crippen LogP contribution in [0, 0.1) is 5.92 Å². The van der Waals surface area contributed by atoms with Crippen LogP contribution in [-0.4, -0.2) is 56.3 Å². The van der Waals surface area contributed by atoms with Crippen molar-refractivity contribution in [1.82, 2.24) is 4.90 Å². The highest BCUT2D eigenvalue weighted by Crippen LogP contribution is 2.46. The molecule has 1 saturated carbocycles. The average Bonchev–Trinajstić information content (AvgIpc) is 3.52. The van der Waals surface area contributed by atoms with Gasteiger partial charge in [-0.1, -0.05) is 39.0 Å². The van der Waals surface area contributed by atoms with Crippen LogP contribution >= 0.6 is 0 Å². The number of carbonyl (C=O) groups excluding carboxylic acids is 2. The van der Waals surface area contributed by atoms with E-state index in [1.807, 2.05) is 23.1 Å². The molecule has 3 rings (SSSR count). The number of esters is 2. The second kappa shape index (κ2) is 9.52. The van der Waals surface area contributed by atoms with E-state index in [1.165, 1.54) is 12.8 Å². The lowest BCUT2D eigenvalue weighted by Gasteiger charge is -2.25. The van der Waals surface area contributed by atoms with Crippen LogP contribution in [0.15, 0.2) is 18.2 Å². The first-order chi connectivity index (χ1) is 13.5. The van der Waals surface area contributed by atoms with Gasteiger partial charge < -0.3 is 14.2 Å². The molecule has 2 fully saturated rings. The predicted octanol–water partition coefficient (Wildman–Crippen LogP) is 3.10. The van der Waals surface area contributed by atoms with Crippen LogP contribution in [0.4, 0.5) is 0 Å². The highest BCUT2D eigenvalue weighted by molar-refractivity contribution is 5.79. The second-order valence-corrected chi connectivity index (χ2v) is 8.07. The summed E-state index contributed by atoms with van der Waals surface area (Å²) in [6.45, 7) is 8.79. The maximum atomic E-state index is 12.4. The van der Waals surface area contributed by atoms with Gasteiger partial charge in [-0.15, -0.1) is 0 Å². The topological polar surface area (TPSA) is 65.1 Å². The Balaban J connectivity index is 1.60. The van der Waals surface area contributed by atoms with Crippen LogP contribution < -0.4 is 4.74 Å². The molecule has 1 aliphatic heterocycles. The standard InChI is InChI=1S/C22H31NO5/c1-15(2)18-5-4-6-19(16(3)17-7-8-17)22(18)28-21(25)14-27-20(24)13-23-9-11-26-12-10-23/h4-6,15-17H,7-14H2,1-3H3. The Kier molecular flexibility index (Phi) is 7.08. The van der Waals surface area contributed by atoms with E-state index in [0.29, 0.717) is 43.9 Å². The minimum Gasteiger partial charge on any atom is -0.453 e. The number of benzene rings is 1. The normalized spacial score (nSPS) is 18.7. The minimum atomic E-state index is -0.535. The van der Waals surface area contributed by atoms with E-state index in [4.69, 9.17) is 14.2 Å². The van der Waals surface area contributed by atoms with Gasteiger partial charge >= 0.3 is 11.9 Å². The zero-order valence-corrected chi connectivity index (χ0v) is 17.1. The van der Waals surface area contributed by atoms with Crippen molar-refractivity contribution >= 4 is 11.9 Å². The smallest absolute Gasteiger partial charge is 0.349 e. The van der Waals surface area contributed by atoms with Gasteiger partial charge in [0.2, 0.25) is 0 Å². The van der Waals surface area contributed by atoms with Crippen LogP contribution in [0.3, 0.4) is 0 Å². The van der Waals surface area contributed by atoms with Crippen LogP contribution in [-0.2, 0) is 19.1 Å². The van der Waals surface area contributed by atoms with Gasteiger partial charge in [-0.25, -0.2) is 4.79 Å². The lowest BCUT2D eigenvalue weighted by Crippen LogP contribution is -2.40. The number of ether oxygens (including phenoxy) is 3. The number of nitrogens with zero attached hydrogens (tertiary/aromatic N) is 1. The van der Waals surface area contributed by atoms with Crippen molar-refractivity contribution in [2.75, 3.05) is 39.5 Å². The molecule has 0 radical (unpaired) electrons. The number of rotatable bonds is 8. The lowest BCUT2D eigenvalue weighted by atomic mass is 9.90. The minimum absolute atomic E-state index is 0.170. The van der Waals surface area contributed by atoms with Crippen molar-refractivity contribution in [3.05, 3.63) is 29.3 Å². The SMILES string of the molecule is CC(C)c1cccc(C(C)C2CC2)c1OC(=O)COC(=O)CN1CCOCC1. The summed E-state index contributed by atoms with van der Waals surface area (Å²) in [5, 5.41) is 0. The first-order valence-corrected chi connectivity index (χ1v) is 10.2. The third kappa shape index (κ3) is 5.55. The van der Waals surface area contributed by atoms with Crippen LogP contribution in [0.25, 0.3) is 0 Å². The van der Waals surface area contributed by atoms with Gasteiger partial charge in [0.25, 0.3) is 0 Å². The molecular formula is C22H31NO5. The molecule has 1 unspecified atom stereocenters. The molecule has 0 spiro atoms. The highest BCUT2D eigenvalue weighted by Gasteiger charge is 2.32. The zero-order chi connectivity index (χ0) is 20.1. The summed E-state index contributed by atoms with van der Waals surface area (Å²) >= 11 is 0. The largest absolute Gasteiger partial charge is 0.453 e. The number of hydrogen-bond acceptors (Lipinski definition) is 6. The molecule has 1 saturated heterocycles. The summed E-state index contributed by atoms with van der Waals surface area (Å²) in [6.07, 6.45) is 2.44. The summed E-state index contributed by atoms with van der Waals surface area (Å²) in [7, 11) is 0. The number of morpholine rings is 1. The van der Waals surface area contributed by atoms with E-state index in [2.05, 4.69) is 20.8 Å². The lowest BCUT2D eigenvalue weighted by molar-refractivity contribution is -0.155. The van der Waals surface area contributed by atoms with Crippen molar-refractivity contribution in [3.63, 3.8) is 0 Å². The third-order valence-corrected chi connectivity index (χ3v) is 5.54. The molecule has 0 amide bonds. The molecule has 1 heterocycles. The van der Waals surface area contributed by atoms with Crippen molar-refractivity contribution in [2.24, 2.45) is 5.92 Å². The Labute approximate surface area is 167 Å². The van der Waals surface area contributed by atoms with Crippen LogP contribution in [0.5, 0.6) is 5.75 Å². The Morgan fingerprint density at radius 1 is 1.11 bits per heavy atom. The molecule has 28 heavy (non-hydrogen) atoms. The van der Waals surface area contributed by atoms with Gasteiger partial charge in [0.05, 0.1) is 19.8 Å². The number of para-hydroxylation sites is 1. The Hall–Kier alpha value is -1.92. The summed E-state index contributed by atoms with van der Waals surface area (Å²) in [6, 6.07) is 6.08. The summed E-state index contributed by atoms with van der Waals surface area (Å²) in [5.41, 5.74) is 2.08. The molecule has 6 heteroatoms. The molecule has 0 N–H and O–H groups in total. The fraction of sp³-hybridized carbons (Fsp3) is 0.636. The van der Waals surface area contributed by atoms with Crippen molar-refractivity contribution in [1.29, 1.82) is 0 Å². The average molecular weight is 389 g/mol. The number of carbonyl (C=O) groups is 2. The highest BCUT2D eigenvalue weighted by atomic mass is 16.6. The van der Waals surface area contributed by atoms with Gasteiger partial charge in [-0.2, -0.15) is 0 Å². The molecule has 1 aromatic carbocycles.